The van der Waals surface area contributed by atoms with Gasteiger partial charge in [-0.1, -0.05) is 20.8 Å². The lowest BCUT2D eigenvalue weighted by atomic mass is 9.98. The minimum absolute atomic E-state index is 0.341. The molecule has 5 nitrogen and oxygen atoms in total. The van der Waals surface area contributed by atoms with E-state index in [4.69, 9.17) is 0 Å². The molecular formula is C15H33N3O2S. The van der Waals surface area contributed by atoms with Crippen molar-refractivity contribution in [2.24, 2.45) is 5.92 Å². The zero-order chi connectivity index (χ0) is 15.9. The van der Waals surface area contributed by atoms with Crippen molar-refractivity contribution in [1.82, 2.24) is 14.3 Å². The lowest BCUT2D eigenvalue weighted by Crippen LogP contribution is -2.54. The van der Waals surface area contributed by atoms with E-state index >= 15 is 0 Å². The van der Waals surface area contributed by atoms with Crippen LogP contribution in [0, 0.1) is 5.92 Å². The van der Waals surface area contributed by atoms with Crippen molar-refractivity contribution in [1.29, 1.82) is 0 Å². The van der Waals surface area contributed by atoms with Crippen molar-refractivity contribution in [2.45, 2.75) is 65.3 Å². The molecule has 0 radical (unpaired) electrons. The number of rotatable bonds is 9. The van der Waals surface area contributed by atoms with Crippen LogP contribution in [0.25, 0.3) is 0 Å². The predicted molar refractivity (Wildman–Crippen MR) is 88.5 cm³/mol. The van der Waals surface area contributed by atoms with Gasteiger partial charge in [-0.05, 0) is 58.0 Å². The molecule has 0 bridgehead atoms. The van der Waals surface area contributed by atoms with E-state index in [1.165, 1.54) is 0 Å². The molecule has 0 aliphatic carbocycles. The van der Waals surface area contributed by atoms with Crippen molar-refractivity contribution in [3.63, 3.8) is 0 Å². The summed E-state index contributed by atoms with van der Waals surface area (Å²) in [7, 11) is -3.37. The molecule has 1 aliphatic rings. The van der Waals surface area contributed by atoms with Crippen LogP contribution in [0.5, 0.6) is 0 Å². The van der Waals surface area contributed by atoms with E-state index in [1.54, 1.807) is 4.31 Å². The highest BCUT2D eigenvalue weighted by Gasteiger charge is 2.33. The molecule has 21 heavy (non-hydrogen) atoms. The topological polar surface area (TPSA) is 61.4 Å². The van der Waals surface area contributed by atoms with Crippen molar-refractivity contribution < 1.29 is 8.42 Å². The lowest BCUT2D eigenvalue weighted by Gasteiger charge is -2.36. The first-order chi connectivity index (χ1) is 9.87. The summed E-state index contributed by atoms with van der Waals surface area (Å²) in [4.78, 5) is 0. The minimum atomic E-state index is -3.37. The second-order valence-electron chi connectivity index (χ2n) is 6.45. The first-order valence-electron chi connectivity index (χ1n) is 8.36. The zero-order valence-electron chi connectivity index (χ0n) is 14.1. The van der Waals surface area contributed by atoms with Crippen LogP contribution in [-0.2, 0) is 10.2 Å². The van der Waals surface area contributed by atoms with Gasteiger partial charge < -0.3 is 5.32 Å². The molecule has 1 unspecified atom stereocenters. The number of hydrogen-bond donors (Lipinski definition) is 2. The van der Waals surface area contributed by atoms with Gasteiger partial charge in [-0.3, -0.25) is 0 Å². The number of hydrogen-bond acceptors (Lipinski definition) is 3. The Labute approximate surface area is 131 Å². The Kier molecular flexibility index (Phi) is 7.60. The first kappa shape index (κ1) is 18.9. The van der Waals surface area contributed by atoms with Crippen LogP contribution in [0.1, 0.15) is 59.8 Å². The summed E-state index contributed by atoms with van der Waals surface area (Å²) in [5, 5.41) is 3.41. The largest absolute Gasteiger partial charge is 0.316 e. The van der Waals surface area contributed by atoms with Gasteiger partial charge in [0, 0.05) is 18.6 Å². The molecule has 0 aromatic carbocycles. The van der Waals surface area contributed by atoms with Gasteiger partial charge in [0.2, 0.25) is 0 Å². The summed E-state index contributed by atoms with van der Waals surface area (Å²) in [6.07, 6.45) is 4.79. The highest BCUT2D eigenvalue weighted by Crippen LogP contribution is 2.21. The molecule has 1 aliphatic heterocycles. The summed E-state index contributed by atoms with van der Waals surface area (Å²) in [6, 6.07) is 0. The molecule has 1 atom stereocenters. The summed E-state index contributed by atoms with van der Waals surface area (Å²) in [5.41, 5.74) is -0.341. The van der Waals surface area contributed by atoms with Crippen LogP contribution in [0.2, 0.25) is 0 Å². The van der Waals surface area contributed by atoms with Gasteiger partial charge in [-0.2, -0.15) is 17.4 Å². The third-order valence-electron chi connectivity index (χ3n) is 4.62. The molecule has 0 aromatic rings. The molecule has 1 rings (SSSR count). The molecule has 0 spiro atoms. The quantitative estimate of drug-likeness (QED) is 0.640. The lowest BCUT2D eigenvalue weighted by molar-refractivity contribution is 0.251. The number of nitrogens with one attached hydrogen (secondary N) is 2. The molecule has 1 fully saturated rings. The van der Waals surface area contributed by atoms with Crippen LogP contribution >= 0.6 is 0 Å². The normalized spacial score (nSPS) is 21.6. The SMILES string of the molecule is CCCNCC1CCCN(S(=O)(=O)NC(C)(CC)CC)C1. The third-order valence-corrected chi connectivity index (χ3v) is 6.38. The van der Waals surface area contributed by atoms with E-state index in [-0.39, 0.29) is 5.54 Å². The standard InChI is InChI=1S/C15H33N3O2S/c1-5-10-16-12-14-9-8-11-18(13-14)21(19,20)17-15(4,6-2)7-3/h14,16-17H,5-13H2,1-4H3. The van der Waals surface area contributed by atoms with Crippen LogP contribution in [-0.4, -0.2) is 44.4 Å². The van der Waals surface area contributed by atoms with Crippen molar-refractivity contribution in [3.05, 3.63) is 0 Å². The zero-order valence-corrected chi connectivity index (χ0v) is 14.9. The Morgan fingerprint density at radius 1 is 1.24 bits per heavy atom. The Bertz CT molecular complexity index is 394. The van der Waals surface area contributed by atoms with Crippen molar-refractivity contribution in [3.8, 4) is 0 Å². The van der Waals surface area contributed by atoms with Gasteiger partial charge in [-0.25, -0.2) is 0 Å². The molecule has 6 heteroatoms. The molecule has 2 N–H and O–H groups in total. The average Bonchev–Trinajstić information content (AvgIpc) is 2.47. The maximum Gasteiger partial charge on any atom is 0.279 e. The van der Waals surface area contributed by atoms with Gasteiger partial charge in [0.1, 0.15) is 0 Å². The molecule has 0 saturated carbocycles. The smallest absolute Gasteiger partial charge is 0.279 e. The highest BCUT2D eigenvalue weighted by molar-refractivity contribution is 7.87. The van der Waals surface area contributed by atoms with E-state index in [0.29, 0.717) is 19.0 Å². The van der Waals surface area contributed by atoms with Gasteiger partial charge in [0.15, 0.2) is 0 Å². The fourth-order valence-corrected chi connectivity index (χ4v) is 4.48. The molecular weight excluding hydrogens is 286 g/mol. The fraction of sp³-hybridized carbons (Fsp3) is 1.00. The second kappa shape index (κ2) is 8.46. The Morgan fingerprint density at radius 3 is 2.48 bits per heavy atom. The fourth-order valence-electron chi connectivity index (χ4n) is 2.67. The van der Waals surface area contributed by atoms with E-state index in [2.05, 4.69) is 17.0 Å². The van der Waals surface area contributed by atoms with Gasteiger partial charge in [0.25, 0.3) is 10.2 Å². The highest BCUT2D eigenvalue weighted by atomic mass is 32.2. The predicted octanol–water partition coefficient (Wildman–Crippen LogP) is 2.11. The van der Waals surface area contributed by atoms with Crippen molar-refractivity contribution in [2.75, 3.05) is 26.2 Å². The molecule has 1 saturated heterocycles. The Balaban J connectivity index is 2.61. The van der Waals surface area contributed by atoms with E-state index < -0.39 is 10.2 Å². The van der Waals surface area contributed by atoms with Crippen LogP contribution in [0.4, 0.5) is 0 Å². The molecule has 1 heterocycles. The minimum Gasteiger partial charge on any atom is -0.316 e. The van der Waals surface area contributed by atoms with Crippen LogP contribution < -0.4 is 10.0 Å². The monoisotopic (exact) mass is 319 g/mol. The summed E-state index contributed by atoms with van der Waals surface area (Å²) in [6.45, 7) is 11.4. The van der Waals surface area contributed by atoms with E-state index in [9.17, 15) is 8.42 Å². The van der Waals surface area contributed by atoms with E-state index in [1.807, 2.05) is 20.8 Å². The van der Waals surface area contributed by atoms with Gasteiger partial charge in [-0.15, -0.1) is 0 Å². The van der Waals surface area contributed by atoms with Crippen LogP contribution in [0.15, 0.2) is 0 Å². The van der Waals surface area contributed by atoms with Crippen molar-refractivity contribution >= 4 is 10.2 Å². The second-order valence-corrected chi connectivity index (χ2v) is 8.12. The maximum absolute atomic E-state index is 12.6. The molecule has 0 amide bonds. The molecule has 126 valence electrons. The molecule has 0 aromatic heterocycles. The summed E-state index contributed by atoms with van der Waals surface area (Å²) < 4.78 is 29.7. The van der Waals surface area contributed by atoms with Gasteiger partial charge >= 0.3 is 0 Å². The summed E-state index contributed by atoms with van der Waals surface area (Å²) in [5.74, 6) is 0.427. The number of piperidine rings is 1. The third kappa shape index (κ3) is 5.85. The Morgan fingerprint density at radius 2 is 1.90 bits per heavy atom. The van der Waals surface area contributed by atoms with Gasteiger partial charge in [0.05, 0.1) is 0 Å². The van der Waals surface area contributed by atoms with E-state index in [0.717, 1.165) is 45.2 Å². The summed E-state index contributed by atoms with van der Waals surface area (Å²) >= 11 is 0. The Hall–Kier alpha value is -0.170. The number of nitrogens with zero attached hydrogens (tertiary/aromatic N) is 1. The maximum atomic E-state index is 12.6. The van der Waals surface area contributed by atoms with Crippen LogP contribution in [0.3, 0.4) is 0 Å². The first-order valence-corrected chi connectivity index (χ1v) is 9.80. The average molecular weight is 320 g/mol.